The number of hydrogen-bond donors (Lipinski definition) is 1. The molecule has 0 radical (unpaired) electrons. The van der Waals surface area contributed by atoms with E-state index in [1.165, 1.54) is 0 Å². The van der Waals surface area contributed by atoms with Crippen molar-refractivity contribution in [3.05, 3.63) is 23.8 Å². The van der Waals surface area contributed by atoms with Crippen molar-refractivity contribution in [3.8, 4) is 11.5 Å². The lowest BCUT2D eigenvalue weighted by Crippen LogP contribution is -2.47. The van der Waals surface area contributed by atoms with Crippen molar-refractivity contribution in [2.24, 2.45) is 0 Å². The summed E-state index contributed by atoms with van der Waals surface area (Å²) in [5.41, 5.74) is -0.497. The van der Waals surface area contributed by atoms with Gasteiger partial charge in [0.05, 0.1) is 6.54 Å². The third-order valence-electron chi connectivity index (χ3n) is 4.60. The summed E-state index contributed by atoms with van der Waals surface area (Å²) in [6, 6.07) is 4.34. The minimum Gasteiger partial charge on any atom is -0.454 e. The Bertz CT molecular complexity index is 709. The topological polar surface area (TPSA) is 84.9 Å². The Balaban J connectivity index is 1.77. The van der Waals surface area contributed by atoms with E-state index in [-0.39, 0.29) is 25.0 Å². The standard InChI is InChI=1S/C18H22N2O5/c1-3-7-18(8-4-2)16(22)20(17(23)19-18)10-13(21)12-5-6-14-15(9-12)25-11-24-14/h5-6,9H,3-4,7-8,10-11H2,1-2H3,(H,19,23). The van der Waals surface area contributed by atoms with Crippen LogP contribution in [-0.4, -0.2) is 41.5 Å². The first kappa shape index (κ1) is 17.3. The molecule has 25 heavy (non-hydrogen) atoms. The van der Waals surface area contributed by atoms with Gasteiger partial charge in [0.1, 0.15) is 5.54 Å². The second-order valence-corrected chi connectivity index (χ2v) is 6.39. The number of Topliss-reactive ketones (excluding diaryl/α,β-unsaturated/α-hetero) is 1. The number of benzene rings is 1. The van der Waals surface area contributed by atoms with Gasteiger partial charge in [-0.15, -0.1) is 0 Å². The molecule has 7 nitrogen and oxygen atoms in total. The van der Waals surface area contributed by atoms with Crippen LogP contribution in [0.1, 0.15) is 49.9 Å². The molecule has 1 fully saturated rings. The number of urea groups is 1. The molecule has 0 bridgehead atoms. The summed E-state index contributed by atoms with van der Waals surface area (Å²) in [4.78, 5) is 38.7. The summed E-state index contributed by atoms with van der Waals surface area (Å²) in [7, 11) is 0. The molecule has 0 aromatic heterocycles. The third kappa shape index (κ3) is 3.06. The molecule has 0 atom stereocenters. The molecule has 3 rings (SSSR count). The Morgan fingerprint density at radius 1 is 1.16 bits per heavy atom. The van der Waals surface area contributed by atoms with Crippen LogP contribution in [0, 0.1) is 0 Å². The highest BCUT2D eigenvalue weighted by Gasteiger charge is 2.50. The highest BCUT2D eigenvalue weighted by molar-refractivity contribution is 6.11. The molecule has 0 spiro atoms. The lowest BCUT2D eigenvalue weighted by atomic mass is 9.88. The lowest BCUT2D eigenvalue weighted by Gasteiger charge is -2.25. The number of nitrogens with zero attached hydrogens (tertiary/aromatic N) is 1. The van der Waals surface area contributed by atoms with E-state index < -0.39 is 11.6 Å². The van der Waals surface area contributed by atoms with E-state index >= 15 is 0 Å². The maximum absolute atomic E-state index is 12.8. The molecular formula is C18H22N2O5. The number of amides is 3. The zero-order valence-electron chi connectivity index (χ0n) is 14.5. The number of hydrogen-bond acceptors (Lipinski definition) is 5. The van der Waals surface area contributed by atoms with Gasteiger partial charge in [-0.2, -0.15) is 0 Å². The van der Waals surface area contributed by atoms with Crippen molar-refractivity contribution in [2.75, 3.05) is 13.3 Å². The highest BCUT2D eigenvalue weighted by atomic mass is 16.7. The van der Waals surface area contributed by atoms with Crippen LogP contribution in [0.3, 0.4) is 0 Å². The normalized spacial score (nSPS) is 17.8. The first-order valence-electron chi connectivity index (χ1n) is 8.57. The zero-order chi connectivity index (χ0) is 18.0. The van der Waals surface area contributed by atoms with Gasteiger partial charge in [0.25, 0.3) is 5.91 Å². The van der Waals surface area contributed by atoms with Gasteiger partial charge in [0.2, 0.25) is 6.79 Å². The van der Waals surface area contributed by atoms with E-state index in [9.17, 15) is 14.4 Å². The van der Waals surface area contributed by atoms with Crippen LogP contribution in [0.15, 0.2) is 18.2 Å². The van der Waals surface area contributed by atoms with Gasteiger partial charge in [0, 0.05) is 5.56 Å². The SMILES string of the molecule is CCCC1(CCC)NC(=O)N(CC(=O)c2ccc3c(c2)OCO3)C1=O. The molecule has 2 aliphatic rings. The van der Waals surface area contributed by atoms with E-state index in [0.717, 1.165) is 17.7 Å². The second kappa shape index (κ2) is 6.74. The van der Waals surface area contributed by atoms with Gasteiger partial charge in [-0.3, -0.25) is 14.5 Å². The van der Waals surface area contributed by atoms with E-state index in [4.69, 9.17) is 9.47 Å². The molecule has 1 N–H and O–H groups in total. The number of rotatable bonds is 7. The second-order valence-electron chi connectivity index (χ2n) is 6.39. The molecule has 134 valence electrons. The fourth-order valence-electron chi connectivity index (χ4n) is 3.44. The molecule has 1 saturated heterocycles. The molecular weight excluding hydrogens is 324 g/mol. The Hall–Kier alpha value is -2.57. The van der Waals surface area contributed by atoms with Gasteiger partial charge in [0.15, 0.2) is 17.3 Å². The van der Waals surface area contributed by atoms with Crippen molar-refractivity contribution in [2.45, 2.75) is 45.1 Å². The van der Waals surface area contributed by atoms with Crippen molar-refractivity contribution in [3.63, 3.8) is 0 Å². The zero-order valence-corrected chi connectivity index (χ0v) is 14.5. The maximum atomic E-state index is 12.8. The minimum atomic E-state index is -0.879. The molecule has 0 saturated carbocycles. The largest absolute Gasteiger partial charge is 0.454 e. The summed E-state index contributed by atoms with van der Waals surface area (Å²) in [6.07, 6.45) is 2.69. The Labute approximate surface area is 146 Å². The summed E-state index contributed by atoms with van der Waals surface area (Å²) in [6.45, 7) is 3.78. The number of ether oxygens (including phenoxy) is 2. The smallest absolute Gasteiger partial charge is 0.325 e. The van der Waals surface area contributed by atoms with Gasteiger partial charge in [-0.05, 0) is 31.0 Å². The minimum absolute atomic E-state index is 0.122. The summed E-state index contributed by atoms with van der Waals surface area (Å²) in [5.74, 6) is 0.451. The van der Waals surface area contributed by atoms with Crippen LogP contribution in [0.2, 0.25) is 0 Å². The van der Waals surface area contributed by atoms with Gasteiger partial charge in [-0.1, -0.05) is 26.7 Å². The molecule has 0 aliphatic carbocycles. The van der Waals surface area contributed by atoms with Crippen LogP contribution >= 0.6 is 0 Å². The number of imide groups is 1. The average Bonchev–Trinajstić information content (AvgIpc) is 3.14. The third-order valence-corrected chi connectivity index (χ3v) is 4.60. The lowest BCUT2D eigenvalue weighted by molar-refractivity contribution is -0.131. The molecule has 2 aliphatic heterocycles. The summed E-state index contributed by atoms with van der Waals surface area (Å²) >= 11 is 0. The van der Waals surface area contributed by atoms with Crippen LogP contribution in [0.5, 0.6) is 11.5 Å². The first-order valence-corrected chi connectivity index (χ1v) is 8.57. The average molecular weight is 346 g/mol. The molecule has 2 heterocycles. The predicted molar refractivity (Wildman–Crippen MR) is 89.7 cm³/mol. The van der Waals surface area contributed by atoms with Crippen molar-refractivity contribution >= 4 is 17.7 Å². The van der Waals surface area contributed by atoms with Gasteiger partial charge >= 0.3 is 6.03 Å². The van der Waals surface area contributed by atoms with Crippen LogP contribution in [-0.2, 0) is 4.79 Å². The van der Waals surface area contributed by atoms with E-state index in [2.05, 4.69) is 5.32 Å². The highest BCUT2D eigenvalue weighted by Crippen LogP contribution is 2.33. The van der Waals surface area contributed by atoms with Crippen LogP contribution < -0.4 is 14.8 Å². The monoisotopic (exact) mass is 346 g/mol. The first-order chi connectivity index (χ1) is 12.0. The predicted octanol–water partition coefficient (Wildman–Crippen LogP) is 2.49. The number of nitrogens with one attached hydrogen (secondary N) is 1. The number of carbonyl (C=O) groups excluding carboxylic acids is 3. The molecule has 1 aromatic rings. The number of ketones is 1. The van der Waals surface area contributed by atoms with Crippen molar-refractivity contribution in [1.29, 1.82) is 0 Å². The van der Waals surface area contributed by atoms with E-state index in [1.807, 2.05) is 13.8 Å². The molecule has 0 unspecified atom stereocenters. The summed E-state index contributed by atoms with van der Waals surface area (Å²) in [5, 5.41) is 2.81. The molecule has 1 aromatic carbocycles. The molecule has 7 heteroatoms. The van der Waals surface area contributed by atoms with Crippen molar-refractivity contribution < 1.29 is 23.9 Å². The Morgan fingerprint density at radius 2 is 1.84 bits per heavy atom. The van der Waals surface area contributed by atoms with Gasteiger partial charge in [-0.25, -0.2) is 4.79 Å². The Kier molecular flexibility index (Phi) is 4.65. The number of carbonyl (C=O) groups is 3. The fourth-order valence-corrected chi connectivity index (χ4v) is 3.44. The maximum Gasteiger partial charge on any atom is 0.325 e. The van der Waals surface area contributed by atoms with Gasteiger partial charge < -0.3 is 14.8 Å². The summed E-state index contributed by atoms with van der Waals surface area (Å²) < 4.78 is 10.5. The van der Waals surface area contributed by atoms with Crippen LogP contribution in [0.25, 0.3) is 0 Å². The number of fused-ring (bicyclic) bond motifs is 1. The van der Waals surface area contributed by atoms with E-state index in [1.54, 1.807) is 18.2 Å². The van der Waals surface area contributed by atoms with Crippen molar-refractivity contribution in [1.82, 2.24) is 10.2 Å². The fraction of sp³-hybridized carbons (Fsp3) is 0.500. The molecule has 3 amide bonds. The quantitative estimate of drug-likeness (QED) is 0.606. The van der Waals surface area contributed by atoms with E-state index in [0.29, 0.717) is 29.9 Å². The Morgan fingerprint density at radius 3 is 2.52 bits per heavy atom. The van der Waals surface area contributed by atoms with Crippen LogP contribution in [0.4, 0.5) is 4.79 Å².